The highest BCUT2D eigenvalue weighted by Gasteiger charge is 1.99. The van der Waals surface area contributed by atoms with Crippen molar-refractivity contribution < 1.29 is 14.3 Å². The van der Waals surface area contributed by atoms with Crippen LogP contribution in [-0.4, -0.2) is 26.3 Å². The Bertz CT molecular complexity index is 295. The number of carbonyl (C=O) groups is 1. The van der Waals surface area contributed by atoms with Crippen LogP contribution in [0.3, 0.4) is 0 Å². The van der Waals surface area contributed by atoms with Crippen molar-refractivity contribution in [3.63, 3.8) is 0 Å². The Morgan fingerprint density at radius 3 is 2.62 bits per heavy atom. The number of esters is 1. The molecule has 88 valence electrons. The summed E-state index contributed by atoms with van der Waals surface area (Å²) in [4.78, 5) is 10.8. The fraction of sp³-hybridized carbons (Fsp3) is 0.462. The molecule has 0 aliphatic carbocycles. The molecule has 3 heteroatoms. The van der Waals surface area contributed by atoms with Crippen LogP contribution in [0.5, 0.6) is 0 Å². The molecule has 0 aliphatic heterocycles. The van der Waals surface area contributed by atoms with Crippen LogP contribution >= 0.6 is 0 Å². The second-order valence-electron chi connectivity index (χ2n) is 3.53. The molecule has 0 bridgehead atoms. The highest BCUT2D eigenvalue weighted by Crippen LogP contribution is 2.00. The van der Waals surface area contributed by atoms with Gasteiger partial charge in [-0.25, -0.2) is 0 Å². The van der Waals surface area contributed by atoms with E-state index in [-0.39, 0.29) is 5.97 Å². The van der Waals surface area contributed by atoms with Gasteiger partial charge in [-0.3, -0.25) is 4.79 Å². The van der Waals surface area contributed by atoms with Crippen LogP contribution in [-0.2, 0) is 20.7 Å². The highest BCUT2D eigenvalue weighted by molar-refractivity contribution is 5.68. The number of carbonyl (C=O) groups excluding carboxylic acids is 1. The van der Waals surface area contributed by atoms with E-state index in [0.29, 0.717) is 19.6 Å². The van der Waals surface area contributed by atoms with Gasteiger partial charge in [0.1, 0.15) is 0 Å². The average Bonchev–Trinajstić information content (AvgIpc) is 2.34. The first-order valence-electron chi connectivity index (χ1n) is 5.51. The van der Waals surface area contributed by atoms with Crippen LogP contribution in [0, 0.1) is 0 Å². The van der Waals surface area contributed by atoms with Gasteiger partial charge in [0.15, 0.2) is 0 Å². The summed E-state index contributed by atoms with van der Waals surface area (Å²) < 4.78 is 9.96. The van der Waals surface area contributed by atoms with Crippen molar-refractivity contribution in [3.05, 3.63) is 35.9 Å². The predicted octanol–water partition coefficient (Wildman–Crippen LogP) is 2.20. The summed E-state index contributed by atoms with van der Waals surface area (Å²) in [6, 6.07) is 10.2. The summed E-state index contributed by atoms with van der Waals surface area (Å²) >= 11 is 0. The fourth-order valence-electron chi connectivity index (χ4n) is 1.36. The van der Waals surface area contributed by atoms with E-state index < -0.39 is 0 Å². The van der Waals surface area contributed by atoms with Gasteiger partial charge in [-0.15, -0.1) is 0 Å². The molecule has 3 nitrogen and oxygen atoms in total. The zero-order chi connectivity index (χ0) is 11.6. The van der Waals surface area contributed by atoms with E-state index in [2.05, 4.69) is 16.9 Å². The third-order valence-corrected chi connectivity index (χ3v) is 2.28. The summed E-state index contributed by atoms with van der Waals surface area (Å²) in [6.45, 7) is 1.31. The molecule has 0 unspecified atom stereocenters. The van der Waals surface area contributed by atoms with Crippen molar-refractivity contribution in [3.8, 4) is 0 Å². The molecular formula is C13H18O3. The van der Waals surface area contributed by atoms with Gasteiger partial charge in [0.05, 0.1) is 13.7 Å². The van der Waals surface area contributed by atoms with E-state index in [4.69, 9.17) is 4.74 Å². The van der Waals surface area contributed by atoms with Crippen molar-refractivity contribution in [2.75, 3.05) is 20.3 Å². The molecule has 1 aromatic rings. The summed E-state index contributed by atoms with van der Waals surface area (Å²) in [6.07, 6.45) is 2.07. The zero-order valence-electron chi connectivity index (χ0n) is 9.65. The van der Waals surface area contributed by atoms with Crippen LogP contribution in [0.25, 0.3) is 0 Å². The summed E-state index contributed by atoms with van der Waals surface area (Å²) in [5.74, 6) is -0.174. The molecule has 0 saturated heterocycles. The topological polar surface area (TPSA) is 35.5 Å². The van der Waals surface area contributed by atoms with E-state index in [1.807, 2.05) is 18.2 Å². The molecular weight excluding hydrogens is 204 g/mol. The molecule has 0 fully saturated rings. The molecule has 0 radical (unpaired) electrons. The number of benzene rings is 1. The maximum atomic E-state index is 10.8. The van der Waals surface area contributed by atoms with Crippen LogP contribution in [0.15, 0.2) is 30.3 Å². The molecule has 0 saturated carbocycles. The lowest BCUT2D eigenvalue weighted by atomic mass is 10.2. The summed E-state index contributed by atoms with van der Waals surface area (Å²) in [5, 5.41) is 0. The molecule has 0 aliphatic rings. The van der Waals surface area contributed by atoms with E-state index in [9.17, 15) is 4.79 Å². The lowest BCUT2D eigenvalue weighted by Gasteiger charge is -2.03. The maximum absolute atomic E-state index is 10.8. The Labute approximate surface area is 96.4 Å². The average molecular weight is 222 g/mol. The maximum Gasteiger partial charge on any atom is 0.305 e. The third-order valence-electron chi connectivity index (χ3n) is 2.28. The van der Waals surface area contributed by atoms with Gasteiger partial charge >= 0.3 is 5.97 Å². The van der Waals surface area contributed by atoms with Crippen molar-refractivity contribution in [1.29, 1.82) is 0 Å². The highest BCUT2D eigenvalue weighted by atomic mass is 16.5. The van der Waals surface area contributed by atoms with Crippen LogP contribution in [0.4, 0.5) is 0 Å². The van der Waals surface area contributed by atoms with Gasteiger partial charge in [-0.1, -0.05) is 30.3 Å². The zero-order valence-corrected chi connectivity index (χ0v) is 9.65. The van der Waals surface area contributed by atoms with E-state index in [0.717, 1.165) is 12.8 Å². The molecule has 0 N–H and O–H groups in total. The van der Waals surface area contributed by atoms with Crippen LogP contribution in [0.2, 0.25) is 0 Å². The number of ether oxygens (including phenoxy) is 2. The molecule has 0 aromatic heterocycles. The fourth-order valence-corrected chi connectivity index (χ4v) is 1.36. The first kappa shape index (κ1) is 12.7. The first-order valence-corrected chi connectivity index (χ1v) is 5.51. The quantitative estimate of drug-likeness (QED) is 0.524. The Hall–Kier alpha value is -1.35. The first-order chi connectivity index (χ1) is 7.83. The lowest BCUT2D eigenvalue weighted by molar-refractivity contribution is -0.141. The summed E-state index contributed by atoms with van der Waals surface area (Å²) in [7, 11) is 1.40. The Morgan fingerprint density at radius 1 is 1.19 bits per heavy atom. The largest absolute Gasteiger partial charge is 0.469 e. The van der Waals surface area contributed by atoms with E-state index in [1.54, 1.807) is 0 Å². The van der Waals surface area contributed by atoms with Crippen molar-refractivity contribution in [2.45, 2.75) is 19.3 Å². The minimum Gasteiger partial charge on any atom is -0.469 e. The van der Waals surface area contributed by atoms with Gasteiger partial charge in [0.2, 0.25) is 0 Å². The van der Waals surface area contributed by atoms with Gasteiger partial charge in [-0.2, -0.15) is 0 Å². The smallest absolute Gasteiger partial charge is 0.305 e. The van der Waals surface area contributed by atoms with Crippen molar-refractivity contribution in [2.24, 2.45) is 0 Å². The second-order valence-corrected chi connectivity index (χ2v) is 3.53. The molecule has 1 rings (SSSR count). The summed E-state index contributed by atoms with van der Waals surface area (Å²) in [5.41, 5.74) is 1.27. The van der Waals surface area contributed by atoms with Gasteiger partial charge in [0, 0.05) is 13.0 Å². The number of methoxy groups -OCH3 is 1. The van der Waals surface area contributed by atoms with Gasteiger partial charge in [0.25, 0.3) is 0 Å². The molecule has 16 heavy (non-hydrogen) atoms. The number of hydrogen-bond acceptors (Lipinski definition) is 3. The number of hydrogen-bond donors (Lipinski definition) is 0. The molecule has 0 amide bonds. The number of rotatable bonds is 7. The van der Waals surface area contributed by atoms with Crippen LogP contribution < -0.4 is 0 Å². The third kappa shape index (κ3) is 5.51. The van der Waals surface area contributed by atoms with Crippen molar-refractivity contribution >= 4 is 5.97 Å². The molecule has 0 spiro atoms. The molecule has 1 aromatic carbocycles. The standard InChI is InChI=1S/C13H18O3/c1-15-13(14)8-5-10-16-11-9-12-6-3-2-4-7-12/h2-4,6-7H,5,8-11H2,1H3. The van der Waals surface area contributed by atoms with E-state index in [1.165, 1.54) is 12.7 Å². The predicted molar refractivity (Wildman–Crippen MR) is 62.2 cm³/mol. The Kier molecular flexibility index (Phi) is 6.26. The minimum atomic E-state index is -0.174. The van der Waals surface area contributed by atoms with Crippen molar-refractivity contribution in [1.82, 2.24) is 0 Å². The molecule has 0 atom stereocenters. The Balaban J connectivity index is 1.98. The van der Waals surface area contributed by atoms with Gasteiger partial charge in [-0.05, 0) is 18.4 Å². The normalized spacial score (nSPS) is 10.1. The van der Waals surface area contributed by atoms with Crippen LogP contribution in [0.1, 0.15) is 18.4 Å². The minimum absolute atomic E-state index is 0.174. The second kappa shape index (κ2) is 7.88. The molecule has 0 heterocycles. The Morgan fingerprint density at radius 2 is 1.94 bits per heavy atom. The lowest BCUT2D eigenvalue weighted by Crippen LogP contribution is -2.04. The van der Waals surface area contributed by atoms with Gasteiger partial charge < -0.3 is 9.47 Å². The van der Waals surface area contributed by atoms with E-state index >= 15 is 0 Å². The SMILES string of the molecule is COC(=O)CCCOCCc1ccccc1. The monoisotopic (exact) mass is 222 g/mol.